The lowest BCUT2D eigenvalue weighted by Crippen LogP contribution is -2.02. The van der Waals surface area contributed by atoms with Crippen molar-refractivity contribution in [3.8, 4) is 5.75 Å². The van der Waals surface area contributed by atoms with Crippen LogP contribution < -0.4 is 4.74 Å². The number of aliphatic hydroxyl groups excluding tert-OH is 1. The quantitative estimate of drug-likeness (QED) is 0.919. The van der Waals surface area contributed by atoms with Gasteiger partial charge in [0.25, 0.3) is 0 Å². The lowest BCUT2D eigenvalue weighted by Gasteiger charge is -2.12. The molecule has 2 nitrogen and oxygen atoms in total. The maximum Gasteiger partial charge on any atom is 0.122 e. The number of benzene rings is 1. The highest BCUT2D eigenvalue weighted by molar-refractivity contribution is 7.10. The smallest absolute Gasteiger partial charge is 0.122 e. The zero-order valence-corrected chi connectivity index (χ0v) is 11.9. The summed E-state index contributed by atoms with van der Waals surface area (Å²) < 4.78 is 5.28. The van der Waals surface area contributed by atoms with Crippen molar-refractivity contribution in [3.05, 3.63) is 50.7 Å². The molecule has 0 bridgehead atoms. The van der Waals surface area contributed by atoms with E-state index in [9.17, 15) is 5.11 Å². The van der Waals surface area contributed by atoms with Crippen LogP contribution in [0.25, 0.3) is 0 Å². The van der Waals surface area contributed by atoms with E-state index in [1.807, 2.05) is 36.6 Å². The molecule has 1 aromatic carbocycles. The van der Waals surface area contributed by atoms with Crippen LogP contribution in [0.5, 0.6) is 5.75 Å². The Bertz CT molecular complexity index is 536. The number of halogens is 1. The minimum atomic E-state index is -0.590. The molecule has 0 aliphatic heterocycles. The molecule has 0 saturated carbocycles. The van der Waals surface area contributed by atoms with Gasteiger partial charge in [0.1, 0.15) is 5.75 Å². The molecule has 2 aromatic rings. The van der Waals surface area contributed by atoms with Crippen LogP contribution in [0.15, 0.2) is 29.6 Å². The Labute approximate surface area is 116 Å². The molecular weight excluding hydrogens is 268 g/mol. The molecule has 0 amide bonds. The molecule has 1 atom stereocenters. The topological polar surface area (TPSA) is 29.5 Å². The van der Waals surface area contributed by atoms with E-state index in [-0.39, 0.29) is 0 Å². The summed E-state index contributed by atoms with van der Waals surface area (Å²) in [5.74, 6) is 0.793. The van der Waals surface area contributed by atoms with Gasteiger partial charge in [0.15, 0.2) is 0 Å². The van der Waals surface area contributed by atoms with Gasteiger partial charge in [-0.2, -0.15) is 0 Å². The van der Waals surface area contributed by atoms with Crippen molar-refractivity contribution in [2.45, 2.75) is 19.4 Å². The van der Waals surface area contributed by atoms with Crippen LogP contribution in [0.3, 0.4) is 0 Å². The Balaban J connectivity index is 2.21. The van der Waals surface area contributed by atoms with Crippen LogP contribution in [0.1, 0.15) is 22.1 Å². The number of ether oxygens (including phenoxy) is 1. The predicted octanol–water partition coefficient (Wildman–Crippen LogP) is 3.99. The fourth-order valence-corrected chi connectivity index (χ4v) is 3.15. The highest BCUT2D eigenvalue weighted by Crippen LogP contribution is 2.35. The summed E-state index contributed by atoms with van der Waals surface area (Å²) in [4.78, 5) is 0.820. The molecule has 1 heterocycles. The third kappa shape index (κ3) is 2.69. The molecule has 4 heteroatoms. The molecule has 96 valence electrons. The number of aryl methyl sites for hydroxylation is 1. The number of methoxy groups -OCH3 is 1. The number of para-hydroxylation sites is 1. The first-order valence-electron chi connectivity index (χ1n) is 5.67. The summed E-state index contributed by atoms with van der Waals surface area (Å²) >= 11 is 7.66. The number of thiophene rings is 1. The van der Waals surface area contributed by atoms with Crippen LogP contribution >= 0.6 is 22.9 Å². The first-order valence-corrected chi connectivity index (χ1v) is 6.92. The number of aliphatic hydroxyl groups is 1. The van der Waals surface area contributed by atoms with Crippen LogP contribution in [0.2, 0.25) is 5.02 Å². The van der Waals surface area contributed by atoms with E-state index < -0.39 is 6.10 Å². The van der Waals surface area contributed by atoms with Gasteiger partial charge in [-0.15, -0.1) is 11.3 Å². The van der Waals surface area contributed by atoms with Crippen molar-refractivity contribution in [1.82, 2.24) is 0 Å². The highest BCUT2D eigenvalue weighted by atomic mass is 35.5. The van der Waals surface area contributed by atoms with E-state index in [1.165, 1.54) is 11.3 Å². The summed E-state index contributed by atoms with van der Waals surface area (Å²) in [5, 5.41) is 12.9. The van der Waals surface area contributed by atoms with E-state index in [1.54, 1.807) is 7.11 Å². The summed E-state index contributed by atoms with van der Waals surface area (Å²) in [6, 6.07) is 7.70. The second-order valence-electron chi connectivity index (χ2n) is 4.13. The lowest BCUT2D eigenvalue weighted by molar-refractivity contribution is 0.181. The van der Waals surface area contributed by atoms with E-state index in [2.05, 4.69) is 0 Å². The van der Waals surface area contributed by atoms with Gasteiger partial charge in [0.05, 0.1) is 23.1 Å². The van der Waals surface area contributed by atoms with Crippen LogP contribution in [0, 0.1) is 6.92 Å². The van der Waals surface area contributed by atoms with Crippen molar-refractivity contribution >= 4 is 22.9 Å². The highest BCUT2D eigenvalue weighted by Gasteiger charge is 2.17. The number of hydrogen-bond acceptors (Lipinski definition) is 3. The SMILES string of the molecule is COc1ccccc1CC(O)c1scc(C)c1Cl. The first kappa shape index (κ1) is 13.4. The molecule has 0 radical (unpaired) electrons. The summed E-state index contributed by atoms with van der Waals surface area (Å²) in [6.45, 7) is 1.94. The molecule has 2 rings (SSSR count). The zero-order valence-electron chi connectivity index (χ0n) is 10.3. The Morgan fingerprint density at radius 2 is 2.11 bits per heavy atom. The van der Waals surface area contributed by atoms with Gasteiger partial charge in [-0.25, -0.2) is 0 Å². The minimum absolute atomic E-state index is 0.504. The zero-order chi connectivity index (χ0) is 13.1. The van der Waals surface area contributed by atoms with Crippen molar-refractivity contribution in [1.29, 1.82) is 0 Å². The maximum absolute atomic E-state index is 10.3. The third-order valence-electron chi connectivity index (χ3n) is 2.83. The Kier molecular flexibility index (Phi) is 4.27. The summed E-state index contributed by atoms with van der Waals surface area (Å²) in [5.41, 5.74) is 1.99. The average molecular weight is 283 g/mol. The van der Waals surface area contributed by atoms with Crippen LogP contribution in [-0.2, 0) is 6.42 Å². The van der Waals surface area contributed by atoms with Gasteiger partial charge in [-0.1, -0.05) is 29.8 Å². The Hall–Kier alpha value is -1.03. The fourth-order valence-electron chi connectivity index (χ4n) is 1.85. The molecule has 1 N–H and O–H groups in total. The van der Waals surface area contributed by atoms with Gasteiger partial charge in [-0.05, 0) is 29.5 Å². The Morgan fingerprint density at radius 3 is 2.72 bits per heavy atom. The molecule has 1 unspecified atom stereocenters. The van der Waals surface area contributed by atoms with E-state index >= 15 is 0 Å². The third-order valence-corrected chi connectivity index (χ3v) is 4.65. The number of rotatable bonds is 4. The molecule has 1 aromatic heterocycles. The van der Waals surface area contributed by atoms with Crippen LogP contribution in [-0.4, -0.2) is 12.2 Å². The van der Waals surface area contributed by atoms with Gasteiger partial charge in [0.2, 0.25) is 0 Å². The molecule has 0 aliphatic rings. The predicted molar refractivity (Wildman–Crippen MR) is 75.7 cm³/mol. The summed E-state index contributed by atoms with van der Waals surface area (Å²) in [6.07, 6.45) is -0.0866. The van der Waals surface area contributed by atoms with E-state index in [4.69, 9.17) is 16.3 Å². The molecular formula is C14H15ClO2S. The van der Waals surface area contributed by atoms with E-state index in [0.29, 0.717) is 11.4 Å². The minimum Gasteiger partial charge on any atom is -0.496 e. The average Bonchev–Trinajstić information content (AvgIpc) is 2.71. The van der Waals surface area contributed by atoms with Crippen molar-refractivity contribution in [2.24, 2.45) is 0 Å². The second kappa shape index (κ2) is 5.74. The standard InChI is InChI=1S/C14H15ClO2S/c1-9-8-18-14(13(9)15)11(16)7-10-5-3-4-6-12(10)17-2/h3-6,8,11,16H,7H2,1-2H3. The molecule has 0 aliphatic carbocycles. The lowest BCUT2D eigenvalue weighted by atomic mass is 10.1. The molecule has 18 heavy (non-hydrogen) atoms. The maximum atomic E-state index is 10.3. The largest absolute Gasteiger partial charge is 0.496 e. The second-order valence-corrected chi connectivity index (χ2v) is 5.42. The molecule has 0 spiro atoms. The van der Waals surface area contributed by atoms with E-state index in [0.717, 1.165) is 21.8 Å². The van der Waals surface area contributed by atoms with Gasteiger partial charge >= 0.3 is 0 Å². The van der Waals surface area contributed by atoms with Crippen molar-refractivity contribution < 1.29 is 9.84 Å². The number of hydrogen-bond donors (Lipinski definition) is 1. The fraction of sp³-hybridized carbons (Fsp3) is 0.286. The Morgan fingerprint density at radius 1 is 1.39 bits per heavy atom. The van der Waals surface area contributed by atoms with Gasteiger partial charge in [-0.3, -0.25) is 0 Å². The van der Waals surface area contributed by atoms with Gasteiger partial charge < -0.3 is 9.84 Å². The van der Waals surface area contributed by atoms with Gasteiger partial charge in [0, 0.05) is 6.42 Å². The normalized spacial score (nSPS) is 12.4. The summed E-state index contributed by atoms with van der Waals surface area (Å²) in [7, 11) is 1.63. The molecule has 0 saturated heterocycles. The monoisotopic (exact) mass is 282 g/mol. The first-order chi connectivity index (χ1) is 8.63. The van der Waals surface area contributed by atoms with Crippen LogP contribution in [0.4, 0.5) is 0 Å². The van der Waals surface area contributed by atoms with Crippen molar-refractivity contribution in [3.63, 3.8) is 0 Å². The molecule has 0 fully saturated rings. The van der Waals surface area contributed by atoms with Crippen molar-refractivity contribution in [2.75, 3.05) is 7.11 Å².